The molecular weight excluding hydrogens is 403 g/mol. The molecule has 2 unspecified atom stereocenters. The van der Waals surface area contributed by atoms with E-state index in [-0.39, 0.29) is 12.8 Å². The highest BCUT2D eigenvalue weighted by molar-refractivity contribution is 8.03. The maximum atomic E-state index is 12.9. The molecule has 0 aromatic heterocycles. The molecule has 0 bridgehead atoms. The number of esters is 1. The molecule has 6 heteroatoms. The minimum absolute atomic E-state index is 0.184. The van der Waals surface area contributed by atoms with E-state index in [4.69, 9.17) is 9.47 Å². The number of rotatable bonds is 13. The summed E-state index contributed by atoms with van der Waals surface area (Å²) in [6.07, 6.45) is 2.28. The lowest BCUT2D eigenvalue weighted by atomic mass is 9.96. The van der Waals surface area contributed by atoms with Crippen molar-refractivity contribution in [1.29, 1.82) is 0 Å². The van der Waals surface area contributed by atoms with Gasteiger partial charge in [-0.3, -0.25) is 0 Å². The summed E-state index contributed by atoms with van der Waals surface area (Å²) in [6, 6.07) is 20.0. The van der Waals surface area contributed by atoms with Crippen molar-refractivity contribution >= 4 is 25.5 Å². The van der Waals surface area contributed by atoms with Gasteiger partial charge in [0.2, 0.25) is 5.60 Å². The summed E-state index contributed by atoms with van der Waals surface area (Å²) in [5, 5.41) is 0. The maximum Gasteiger partial charge on any atom is 0.353 e. The van der Waals surface area contributed by atoms with Crippen LogP contribution in [0, 0.1) is 0 Å². The molecule has 0 fully saturated rings. The van der Waals surface area contributed by atoms with E-state index in [1.807, 2.05) is 55.5 Å². The number of thioether (sulfide) groups is 1. The molecule has 0 aliphatic rings. The molecule has 2 aromatic carbocycles. The van der Waals surface area contributed by atoms with E-state index >= 15 is 0 Å². The molecule has 0 saturated carbocycles. The standard InChI is InChI=1S/C23H30O4PS/c1-3-26-22(24)23(27-4-2,17-11-14-20-12-7-5-8-13-20)18-28(25)19-29-21-15-9-6-10-16-21/h5-10,12-13,15-16H,3-4,11,14,17-19H2,1-2H3/q+1. The maximum absolute atomic E-state index is 12.9. The smallest absolute Gasteiger partial charge is 0.353 e. The second kappa shape index (κ2) is 12.8. The predicted molar refractivity (Wildman–Crippen MR) is 120 cm³/mol. The Morgan fingerprint density at radius 3 is 2.28 bits per heavy atom. The van der Waals surface area contributed by atoms with Gasteiger partial charge in [-0.15, -0.1) is 0 Å². The third kappa shape index (κ3) is 7.93. The molecule has 2 atom stereocenters. The lowest BCUT2D eigenvalue weighted by molar-refractivity contribution is -0.170. The van der Waals surface area contributed by atoms with E-state index in [1.165, 1.54) is 5.56 Å². The number of benzene rings is 2. The lowest BCUT2D eigenvalue weighted by Gasteiger charge is -2.27. The van der Waals surface area contributed by atoms with E-state index in [0.29, 0.717) is 18.5 Å². The van der Waals surface area contributed by atoms with Crippen molar-refractivity contribution in [3.63, 3.8) is 0 Å². The Hall–Kier alpha value is -1.68. The van der Waals surface area contributed by atoms with Gasteiger partial charge in [0, 0.05) is 11.5 Å². The van der Waals surface area contributed by atoms with Crippen LogP contribution in [-0.4, -0.2) is 36.4 Å². The molecule has 2 rings (SSSR count). The van der Waals surface area contributed by atoms with E-state index in [2.05, 4.69) is 12.1 Å². The highest BCUT2D eigenvalue weighted by atomic mass is 32.2. The molecule has 0 heterocycles. The van der Waals surface area contributed by atoms with E-state index in [9.17, 15) is 9.36 Å². The molecule has 0 radical (unpaired) electrons. The van der Waals surface area contributed by atoms with Crippen molar-refractivity contribution in [2.24, 2.45) is 0 Å². The Balaban J connectivity index is 2.04. The van der Waals surface area contributed by atoms with Crippen molar-refractivity contribution in [2.45, 2.75) is 43.6 Å². The van der Waals surface area contributed by atoms with Gasteiger partial charge in [0.25, 0.3) is 0 Å². The van der Waals surface area contributed by atoms with Crippen LogP contribution >= 0.6 is 19.6 Å². The highest BCUT2D eigenvalue weighted by Gasteiger charge is 2.47. The molecule has 0 saturated heterocycles. The van der Waals surface area contributed by atoms with Crippen molar-refractivity contribution in [3.05, 3.63) is 66.2 Å². The van der Waals surface area contributed by atoms with Gasteiger partial charge < -0.3 is 9.47 Å². The fraction of sp³-hybridized carbons (Fsp3) is 0.435. The third-order valence-electron chi connectivity index (χ3n) is 4.51. The SMILES string of the molecule is CCOC(=O)C(CCCc1ccccc1)(C[P+](=O)CSc1ccccc1)OCC. The van der Waals surface area contributed by atoms with Crippen LogP contribution in [0.25, 0.3) is 0 Å². The highest BCUT2D eigenvalue weighted by Crippen LogP contribution is 2.38. The zero-order chi connectivity index (χ0) is 21.0. The first kappa shape index (κ1) is 23.6. The number of hydrogen-bond acceptors (Lipinski definition) is 5. The molecule has 4 nitrogen and oxygen atoms in total. The van der Waals surface area contributed by atoms with Crippen LogP contribution in [0.15, 0.2) is 65.6 Å². The van der Waals surface area contributed by atoms with Crippen LogP contribution in [0.4, 0.5) is 0 Å². The van der Waals surface area contributed by atoms with Gasteiger partial charge in [0.1, 0.15) is 0 Å². The summed E-state index contributed by atoms with van der Waals surface area (Å²) < 4.78 is 24.2. The first-order valence-corrected chi connectivity index (χ1v) is 12.7. The van der Waals surface area contributed by atoms with Gasteiger partial charge in [-0.25, -0.2) is 4.79 Å². The van der Waals surface area contributed by atoms with Crippen molar-refractivity contribution in [1.82, 2.24) is 0 Å². The van der Waals surface area contributed by atoms with Crippen LogP contribution in [0.5, 0.6) is 0 Å². The number of aryl methyl sites for hydroxylation is 1. The van der Waals surface area contributed by atoms with Crippen LogP contribution in [0.3, 0.4) is 0 Å². The molecule has 2 aromatic rings. The molecule has 0 aliphatic heterocycles. The molecule has 29 heavy (non-hydrogen) atoms. The molecule has 0 amide bonds. The Morgan fingerprint density at radius 2 is 1.66 bits per heavy atom. The van der Waals surface area contributed by atoms with Crippen LogP contribution in [-0.2, 0) is 25.3 Å². The topological polar surface area (TPSA) is 52.6 Å². The van der Waals surface area contributed by atoms with E-state index in [0.717, 1.165) is 17.7 Å². The monoisotopic (exact) mass is 433 g/mol. The van der Waals surface area contributed by atoms with Crippen molar-refractivity contribution in [2.75, 3.05) is 24.9 Å². The summed E-state index contributed by atoms with van der Waals surface area (Å²) in [7, 11) is -1.63. The number of carbonyl (C=O) groups excluding carboxylic acids is 1. The zero-order valence-electron chi connectivity index (χ0n) is 17.2. The molecule has 156 valence electrons. The van der Waals surface area contributed by atoms with Crippen LogP contribution < -0.4 is 0 Å². The Morgan fingerprint density at radius 1 is 1.00 bits per heavy atom. The van der Waals surface area contributed by atoms with Gasteiger partial charge in [-0.2, -0.15) is 0 Å². The van der Waals surface area contributed by atoms with Gasteiger partial charge >= 0.3 is 13.8 Å². The van der Waals surface area contributed by atoms with E-state index < -0.39 is 19.4 Å². The second-order valence-electron chi connectivity index (χ2n) is 6.71. The Bertz CT molecular complexity index is 754. The summed E-state index contributed by atoms with van der Waals surface area (Å²) in [6.45, 7) is 4.29. The third-order valence-corrected chi connectivity index (χ3v) is 7.64. The largest absolute Gasteiger partial charge is 0.464 e. The summed E-state index contributed by atoms with van der Waals surface area (Å²) in [5.41, 5.74) is 0.516. The molecule has 0 N–H and O–H groups in total. The van der Waals surface area contributed by atoms with Crippen LogP contribution in [0.2, 0.25) is 0 Å². The van der Waals surface area contributed by atoms with Crippen LogP contribution in [0.1, 0.15) is 32.3 Å². The van der Waals surface area contributed by atoms with Gasteiger partial charge in [0.15, 0.2) is 11.7 Å². The fourth-order valence-electron chi connectivity index (χ4n) is 3.18. The average molecular weight is 434 g/mol. The summed E-state index contributed by atoms with van der Waals surface area (Å²) in [5.74, 6) is -0.400. The molecule has 0 spiro atoms. The van der Waals surface area contributed by atoms with Crippen molar-refractivity contribution in [3.8, 4) is 0 Å². The zero-order valence-corrected chi connectivity index (χ0v) is 18.9. The summed E-state index contributed by atoms with van der Waals surface area (Å²) >= 11 is 1.54. The first-order valence-electron chi connectivity index (χ1n) is 10.0. The predicted octanol–water partition coefficient (Wildman–Crippen LogP) is 5.92. The minimum atomic E-state index is -1.63. The van der Waals surface area contributed by atoms with Gasteiger partial charge in [0.05, 0.1) is 6.61 Å². The van der Waals surface area contributed by atoms with E-state index in [1.54, 1.807) is 18.7 Å². The van der Waals surface area contributed by atoms with Crippen molar-refractivity contribution < 1.29 is 18.8 Å². The lowest BCUT2D eigenvalue weighted by Crippen LogP contribution is -2.46. The summed E-state index contributed by atoms with van der Waals surface area (Å²) in [4.78, 5) is 13.9. The molecular formula is C23H30O4PS+. The number of hydrogen-bond donors (Lipinski definition) is 0. The normalized spacial score (nSPS) is 13.5. The number of carbonyl (C=O) groups is 1. The quantitative estimate of drug-likeness (QED) is 0.223. The Labute approximate surface area is 179 Å². The Kier molecular flexibility index (Phi) is 10.4. The first-order chi connectivity index (χ1) is 14.1. The van der Waals surface area contributed by atoms with Gasteiger partial charge in [-0.1, -0.05) is 64.9 Å². The molecule has 0 aliphatic carbocycles. The van der Waals surface area contributed by atoms with Gasteiger partial charge in [-0.05, 0) is 50.8 Å². The number of ether oxygens (including phenoxy) is 2. The second-order valence-corrected chi connectivity index (χ2v) is 9.79. The fourth-order valence-corrected chi connectivity index (χ4v) is 6.01. The minimum Gasteiger partial charge on any atom is -0.464 e. The average Bonchev–Trinajstić information content (AvgIpc) is 2.74.